The molecule has 1 rings (SSSR count). The van der Waals surface area contributed by atoms with Crippen LogP contribution in [-0.4, -0.2) is 6.79 Å². The van der Waals surface area contributed by atoms with E-state index in [0.29, 0.717) is 0 Å². The van der Waals surface area contributed by atoms with E-state index in [-0.39, 0.29) is 0 Å². The van der Waals surface area contributed by atoms with Gasteiger partial charge in [-0.05, 0) is 17.7 Å². The van der Waals surface area contributed by atoms with E-state index in [0.717, 1.165) is 11.3 Å². The van der Waals surface area contributed by atoms with Crippen LogP contribution in [0.1, 0.15) is 5.56 Å². The predicted molar refractivity (Wildman–Crippen MR) is 48.1 cm³/mol. The minimum atomic E-state index is 0.792. The number of benzene rings is 1. The molecule has 0 atom stereocenters. The zero-order valence-corrected chi connectivity index (χ0v) is 6.29. The lowest BCUT2D eigenvalue weighted by molar-refractivity contribution is -0.0979. The lowest BCUT2D eigenvalue weighted by Gasteiger charge is -1.91. The highest BCUT2D eigenvalue weighted by atomic mass is 16.1. The van der Waals surface area contributed by atoms with E-state index in [1.54, 1.807) is 6.08 Å². The van der Waals surface area contributed by atoms with Crippen LogP contribution in [0.2, 0.25) is 0 Å². The molecule has 58 valence electrons. The van der Waals surface area contributed by atoms with Gasteiger partial charge in [0.15, 0.2) is 0 Å². The summed E-state index contributed by atoms with van der Waals surface area (Å²) in [7, 11) is 0. The molecule has 0 radical (unpaired) electrons. The Hall–Kier alpha value is -1.57. The Labute approximate surface area is 66.3 Å². The molecule has 0 fully saturated rings. The third kappa shape index (κ3) is 3.20. The van der Waals surface area contributed by atoms with Crippen LogP contribution < -0.4 is 5.73 Å². The summed E-state index contributed by atoms with van der Waals surface area (Å²) in [5, 5.41) is 0. The Morgan fingerprint density at radius 3 is 2.00 bits per heavy atom. The van der Waals surface area contributed by atoms with Gasteiger partial charge >= 0.3 is 0 Å². The molecule has 0 saturated carbocycles. The second kappa shape index (κ2) is 5.23. The summed E-state index contributed by atoms with van der Waals surface area (Å²) < 4.78 is 0. The summed E-state index contributed by atoms with van der Waals surface area (Å²) in [6.07, 6.45) is 1.79. The van der Waals surface area contributed by atoms with Crippen molar-refractivity contribution < 1.29 is 4.79 Å². The SMILES string of the molecule is C=Cc1ccc(N)cc1.C=O. The van der Waals surface area contributed by atoms with E-state index in [1.807, 2.05) is 31.1 Å². The van der Waals surface area contributed by atoms with Crippen molar-refractivity contribution in [3.05, 3.63) is 36.4 Å². The first kappa shape index (κ1) is 9.43. The van der Waals surface area contributed by atoms with Crippen molar-refractivity contribution in [1.29, 1.82) is 0 Å². The number of nitrogen functional groups attached to an aromatic ring is 1. The van der Waals surface area contributed by atoms with Gasteiger partial charge in [0.05, 0.1) is 0 Å². The van der Waals surface area contributed by atoms with Gasteiger partial charge in [-0.2, -0.15) is 0 Å². The highest BCUT2D eigenvalue weighted by Crippen LogP contribution is 2.05. The third-order valence-electron chi connectivity index (χ3n) is 1.17. The molecule has 0 spiro atoms. The van der Waals surface area contributed by atoms with Crippen LogP contribution in [0.15, 0.2) is 30.8 Å². The number of anilines is 1. The number of hydrogen-bond acceptors (Lipinski definition) is 2. The molecule has 1 aromatic carbocycles. The van der Waals surface area contributed by atoms with Crippen LogP contribution in [0.4, 0.5) is 5.69 Å². The van der Waals surface area contributed by atoms with Crippen molar-refractivity contribution in [3.63, 3.8) is 0 Å². The minimum absolute atomic E-state index is 0.792. The van der Waals surface area contributed by atoms with Crippen LogP contribution in [-0.2, 0) is 4.79 Å². The van der Waals surface area contributed by atoms with Gasteiger partial charge in [-0.3, -0.25) is 0 Å². The summed E-state index contributed by atoms with van der Waals surface area (Å²) >= 11 is 0. The monoisotopic (exact) mass is 149 g/mol. The lowest BCUT2D eigenvalue weighted by atomic mass is 10.2. The van der Waals surface area contributed by atoms with E-state index >= 15 is 0 Å². The molecule has 11 heavy (non-hydrogen) atoms. The number of hydrogen-bond donors (Lipinski definition) is 1. The summed E-state index contributed by atoms with van der Waals surface area (Å²) in [4.78, 5) is 8.00. The molecule has 0 aliphatic rings. The molecular weight excluding hydrogens is 138 g/mol. The molecule has 0 aliphatic carbocycles. The van der Waals surface area contributed by atoms with Gasteiger partial charge in [-0.15, -0.1) is 0 Å². The van der Waals surface area contributed by atoms with Crippen molar-refractivity contribution >= 4 is 18.6 Å². The van der Waals surface area contributed by atoms with Crippen LogP contribution >= 0.6 is 0 Å². The van der Waals surface area contributed by atoms with E-state index < -0.39 is 0 Å². The second-order valence-corrected chi connectivity index (χ2v) is 1.87. The van der Waals surface area contributed by atoms with E-state index in [2.05, 4.69) is 6.58 Å². The topological polar surface area (TPSA) is 43.1 Å². The van der Waals surface area contributed by atoms with Crippen LogP contribution in [0, 0.1) is 0 Å². The van der Waals surface area contributed by atoms with Crippen molar-refractivity contribution in [3.8, 4) is 0 Å². The van der Waals surface area contributed by atoms with Crippen molar-refractivity contribution in [1.82, 2.24) is 0 Å². The molecule has 0 amide bonds. The standard InChI is InChI=1S/C8H9N.CH2O/c1-2-7-3-5-8(9)6-4-7;1-2/h2-6H,1,9H2;1H2. The number of rotatable bonds is 1. The fourth-order valence-electron chi connectivity index (χ4n) is 0.632. The van der Waals surface area contributed by atoms with Gasteiger partial charge in [0, 0.05) is 5.69 Å². The van der Waals surface area contributed by atoms with E-state index in [4.69, 9.17) is 10.5 Å². The molecule has 0 saturated heterocycles. The van der Waals surface area contributed by atoms with Gasteiger partial charge < -0.3 is 10.5 Å². The van der Waals surface area contributed by atoms with Gasteiger partial charge in [0.2, 0.25) is 0 Å². The zero-order valence-electron chi connectivity index (χ0n) is 6.29. The predicted octanol–water partition coefficient (Wildman–Crippen LogP) is 1.73. The molecule has 0 aliphatic heterocycles. The smallest absolute Gasteiger partial charge is 0.106 e. The minimum Gasteiger partial charge on any atom is -0.399 e. The maximum atomic E-state index is 8.00. The quantitative estimate of drug-likeness (QED) is 0.618. The molecule has 1 aromatic rings. The average Bonchev–Trinajstić information content (AvgIpc) is 2.10. The average molecular weight is 149 g/mol. The Kier molecular flexibility index (Phi) is 4.49. The van der Waals surface area contributed by atoms with Gasteiger partial charge in [0.1, 0.15) is 6.79 Å². The summed E-state index contributed by atoms with van der Waals surface area (Å²) in [5.41, 5.74) is 7.34. The molecule has 0 heterocycles. The van der Waals surface area contributed by atoms with Gasteiger partial charge in [-0.1, -0.05) is 24.8 Å². The third-order valence-corrected chi connectivity index (χ3v) is 1.17. The molecule has 0 unspecified atom stereocenters. The van der Waals surface area contributed by atoms with Gasteiger partial charge in [0.25, 0.3) is 0 Å². The van der Waals surface area contributed by atoms with E-state index in [9.17, 15) is 0 Å². The number of nitrogens with two attached hydrogens (primary N) is 1. The lowest BCUT2D eigenvalue weighted by Crippen LogP contribution is -1.81. The maximum absolute atomic E-state index is 8.00. The summed E-state index contributed by atoms with van der Waals surface area (Å²) in [6, 6.07) is 7.58. The van der Waals surface area contributed by atoms with Crippen LogP contribution in [0.25, 0.3) is 6.08 Å². The summed E-state index contributed by atoms with van der Waals surface area (Å²) in [5.74, 6) is 0. The second-order valence-electron chi connectivity index (χ2n) is 1.87. The molecule has 0 bridgehead atoms. The fourth-order valence-corrected chi connectivity index (χ4v) is 0.632. The summed E-state index contributed by atoms with van der Waals surface area (Å²) in [6.45, 7) is 5.62. The van der Waals surface area contributed by atoms with Gasteiger partial charge in [-0.25, -0.2) is 0 Å². The number of carbonyl (C=O) groups is 1. The molecule has 2 nitrogen and oxygen atoms in total. The highest BCUT2D eigenvalue weighted by Gasteiger charge is 1.82. The van der Waals surface area contributed by atoms with Crippen LogP contribution in [0.3, 0.4) is 0 Å². The number of carbonyl (C=O) groups excluding carboxylic acids is 1. The van der Waals surface area contributed by atoms with E-state index in [1.165, 1.54) is 0 Å². The molecule has 2 N–H and O–H groups in total. The highest BCUT2D eigenvalue weighted by molar-refractivity contribution is 5.51. The van der Waals surface area contributed by atoms with Crippen molar-refractivity contribution in [2.24, 2.45) is 0 Å². The fraction of sp³-hybridized carbons (Fsp3) is 0. The Bertz CT molecular complexity index is 216. The first-order chi connectivity index (χ1) is 5.33. The van der Waals surface area contributed by atoms with Crippen LogP contribution in [0.5, 0.6) is 0 Å². The largest absolute Gasteiger partial charge is 0.399 e. The zero-order chi connectivity index (χ0) is 8.69. The normalized spacial score (nSPS) is 7.64. The maximum Gasteiger partial charge on any atom is 0.106 e. The Morgan fingerprint density at radius 1 is 1.18 bits per heavy atom. The first-order valence-electron chi connectivity index (χ1n) is 3.10. The van der Waals surface area contributed by atoms with Crippen molar-refractivity contribution in [2.75, 3.05) is 5.73 Å². The first-order valence-corrected chi connectivity index (χ1v) is 3.10. The molecule has 0 aromatic heterocycles. The Balaban J connectivity index is 0.000000461. The molecular formula is C9H11NO. The van der Waals surface area contributed by atoms with Crippen molar-refractivity contribution in [2.45, 2.75) is 0 Å². The molecule has 2 heteroatoms. The Morgan fingerprint density at radius 2 is 1.64 bits per heavy atom.